The maximum Gasteiger partial charge on any atom is 0.317 e. The van der Waals surface area contributed by atoms with E-state index in [1.54, 1.807) is 4.90 Å². The number of halogens is 1. The van der Waals surface area contributed by atoms with Crippen molar-refractivity contribution >= 4 is 27.9 Å². The minimum Gasteiger partial charge on any atom is -0.481 e. The third-order valence-electron chi connectivity index (χ3n) is 3.01. The summed E-state index contributed by atoms with van der Waals surface area (Å²) in [5.74, 6) is -0.840. The van der Waals surface area contributed by atoms with Gasteiger partial charge in [-0.1, -0.05) is 28.1 Å². The average molecular weight is 357 g/mol. The van der Waals surface area contributed by atoms with Gasteiger partial charge in [-0.15, -0.1) is 0 Å². The van der Waals surface area contributed by atoms with E-state index in [4.69, 9.17) is 5.11 Å². The van der Waals surface area contributed by atoms with Crippen LogP contribution < -0.4 is 5.32 Å². The molecule has 2 amide bonds. The van der Waals surface area contributed by atoms with Crippen molar-refractivity contribution < 1.29 is 14.7 Å². The molecule has 0 aromatic heterocycles. The van der Waals surface area contributed by atoms with E-state index < -0.39 is 5.97 Å². The zero-order chi connectivity index (χ0) is 15.8. The molecule has 0 unspecified atom stereocenters. The summed E-state index contributed by atoms with van der Waals surface area (Å²) in [5, 5.41) is 11.5. The number of carbonyl (C=O) groups excluding carboxylic acids is 1. The summed E-state index contributed by atoms with van der Waals surface area (Å²) in [5.41, 5.74) is 1.01. The van der Waals surface area contributed by atoms with Crippen LogP contribution in [0.15, 0.2) is 28.7 Å². The first-order chi connectivity index (χ1) is 9.90. The molecule has 0 aliphatic carbocycles. The van der Waals surface area contributed by atoms with Gasteiger partial charge in [-0.3, -0.25) is 4.79 Å². The van der Waals surface area contributed by atoms with Gasteiger partial charge in [-0.2, -0.15) is 0 Å². The quantitative estimate of drug-likeness (QED) is 0.787. The normalized spacial score (nSPS) is 10.5. The van der Waals surface area contributed by atoms with E-state index in [1.807, 2.05) is 38.1 Å². The first kappa shape index (κ1) is 17.5. The van der Waals surface area contributed by atoms with Gasteiger partial charge in [0.1, 0.15) is 0 Å². The second kappa shape index (κ2) is 8.67. The number of amides is 2. The number of carboxylic acid groups (broad SMARTS) is 1. The third kappa shape index (κ3) is 6.62. The smallest absolute Gasteiger partial charge is 0.317 e. The Morgan fingerprint density at radius 2 is 2.10 bits per heavy atom. The zero-order valence-electron chi connectivity index (χ0n) is 12.3. The Labute approximate surface area is 133 Å². The molecule has 5 nitrogen and oxygen atoms in total. The second-order valence-corrected chi connectivity index (χ2v) is 5.99. The van der Waals surface area contributed by atoms with Gasteiger partial charge in [-0.25, -0.2) is 4.79 Å². The second-order valence-electron chi connectivity index (χ2n) is 5.07. The minimum absolute atomic E-state index is 0.0290. The zero-order valence-corrected chi connectivity index (χ0v) is 13.9. The number of hydrogen-bond donors (Lipinski definition) is 2. The Bertz CT molecular complexity index is 492. The molecule has 6 heteroatoms. The van der Waals surface area contributed by atoms with Gasteiger partial charge in [0.15, 0.2) is 0 Å². The van der Waals surface area contributed by atoms with Crippen molar-refractivity contribution in [3.8, 4) is 0 Å². The predicted octanol–water partition coefficient (Wildman–Crippen LogP) is 3.23. The van der Waals surface area contributed by atoms with Crippen LogP contribution in [0.25, 0.3) is 0 Å². The number of benzene rings is 1. The Morgan fingerprint density at radius 3 is 2.67 bits per heavy atom. The van der Waals surface area contributed by atoms with Crippen LogP contribution in [-0.4, -0.2) is 34.6 Å². The van der Waals surface area contributed by atoms with Crippen molar-refractivity contribution in [2.24, 2.45) is 0 Å². The molecule has 0 saturated heterocycles. The van der Waals surface area contributed by atoms with Gasteiger partial charge in [0.2, 0.25) is 0 Å². The van der Waals surface area contributed by atoms with Crippen molar-refractivity contribution in [3.05, 3.63) is 34.3 Å². The van der Waals surface area contributed by atoms with Crippen molar-refractivity contribution in [1.82, 2.24) is 10.2 Å². The number of aliphatic carboxylic acids is 1. The lowest BCUT2D eigenvalue weighted by Crippen LogP contribution is -2.44. The largest absolute Gasteiger partial charge is 0.481 e. The molecule has 0 bridgehead atoms. The SMILES string of the molecule is CC(C)N(CCCC(=O)O)C(=O)NCc1cccc(Br)c1. The van der Waals surface area contributed by atoms with Gasteiger partial charge in [0, 0.05) is 30.0 Å². The number of nitrogens with zero attached hydrogens (tertiary/aromatic N) is 1. The molecule has 1 rings (SSSR count). The average Bonchev–Trinajstić information content (AvgIpc) is 2.40. The van der Waals surface area contributed by atoms with E-state index in [0.717, 1.165) is 10.0 Å². The van der Waals surface area contributed by atoms with Gasteiger partial charge in [0.25, 0.3) is 0 Å². The number of rotatable bonds is 7. The Balaban J connectivity index is 2.50. The van der Waals surface area contributed by atoms with Crippen LogP contribution in [0.2, 0.25) is 0 Å². The highest BCUT2D eigenvalue weighted by Crippen LogP contribution is 2.11. The van der Waals surface area contributed by atoms with E-state index in [2.05, 4.69) is 21.2 Å². The summed E-state index contributed by atoms with van der Waals surface area (Å²) in [4.78, 5) is 24.4. The Kier molecular flexibility index (Phi) is 7.22. The fourth-order valence-corrected chi connectivity index (χ4v) is 2.37. The van der Waals surface area contributed by atoms with Crippen LogP contribution in [0.4, 0.5) is 4.79 Å². The van der Waals surface area contributed by atoms with Crippen LogP contribution in [0, 0.1) is 0 Å². The lowest BCUT2D eigenvalue weighted by molar-refractivity contribution is -0.137. The number of urea groups is 1. The standard InChI is InChI=1S/C15H21BrN2O3/c1-11(2)18(8-4-7-14(19)20)15(21)17-10-12-5-3-6-13(16)9-12/h3,5-6,9,11H,4,7-8,10H2,1-2H3,(H,17,21)(H,19,20). The van der Waals surface area contributed by atoms with Crippen molar-refractivity contribution in [3.63, 3.8) is 0 Å². The first-order valence-corrected chi connectivity index (χ1v) is 7.70. The molecule has 0 heterocycles. The summed E-state index contributed by atoms with van der Waals surface area (Å²) < 4.78 is 0.969. The summed E-state index contributed by atoms with van der Waals surface area (Å²) >= 11 is 3.39. The number of carbonyl (C=O) groups is 2. The molecule has 0 fully saturated rings. The van der Waals surface area contributed by atoms with Crippen LogP contribution in [0.1, 0.15) is 32.3 Å². The minimum atomic E-state index is -0.840. The molecule has 0 radical (unpaired) electrons. The molecule has 1 aromatic rings. The lowest BCUT2D eigenvalue weighted by Gasteiger charge is -2.26. The molecule has 0 aliphatic heterocycles. The van der Waals surface area contributed by atoms with Crippen molar-refractivity contribution in [2.45, 2.75) is 39.3 Å². The molecular weight excluding hydrogens is 336 g/mol. The number of carboxylic acids is 1. The van der Waals surface area contributed by atoms with E-state index in [-0.39, 0.29) is 18.5 Å². The molecule has 0 spiro atoms. The van der Waals surface area contributed by atoms with E-state index in [1.165, 1.54) is 0 Å². The number of hydrogen-bond acceptors (Lipinski definition) is 2. The van der Waals surface area contributed by atoms with Gasteiger partial charge < -0.3 is 15.3 Å². The third-order valence-corrected chi connectivity index (χ3v) is 3.50. The summed E-state index contributed by atoms with van der Waals surface area (Å²) in [6.07, 6.45) is 0.528. The molecule has 2 N–H and O–H groups in total. The monoisotopic (exact) mass is 356 g/mol. The fourth-order valence-electron chi connectivity index (χ4n) is 1.92. The molecule has 0 atom stereocenters. The summed E-state index contributed by atoms with van der Waals surface area (Å²) in [7, 11) is 0. The summed E-state index contributed by atoms with van der Waals surface area (Å²) in [6, 6.07) is 7.59. The summed E-state index contributed by atoms with van der Waals surface area (Å²) in [6.45, 7) is 4.72. The topological polar surface area (TPSA) is 69.6 Å². The van der Waals surface area contributed by atoms with Crippen LogP contribution in [-0.2, 0) is 11.3 Å². The maximum atomic E-state index is 12.2. The van der Waals surface area contributed by atoms with Crippen LogP contribution >= 0.6 is 15.9 Å². The Morgan fingerprint density at radius 1 is 1.38 bits per heavy atom. The predicted molar refractivity (Wildman–Crippen MR) is 85.1 cm³/mol. The molecule has 1 aromatic carbocycles. The molecular formula is C15H21BrN2O3. The fraction of sp³-hybridized carbons (Fsp3) is 0.467. The molecule has 0 aliphatic rings. The van der Waals surface area contributed by atoms with E-state index >= 15 is 0 Å². The molecule has 0 saturated carbocycles. The number of nitrogens with one attached hydrogen (secondary N) is 1. The van der Waals surface area contributed by atoms with Gasteiger partial charge in [-0.05, 0) is 38.0 Å². The molecule has 21 heavy (non-hydrogen) atoms. The highest BCUT2D eigenvalue weighted by molar-refractivity contribution is 9.10. The van der Waals surface area contributed by atoms with E-state index in [9.17, 15) is 9.59 Å². The van der Waals surface area contributed by atoms with Crippen molar-refractivity contribution in [2.75, 3.05) is 6.54 Å². The van der Waals surface area contributed by atoms with Gasteiger partial charge >= 0.3 is 12.0 Å². The highest BCUT2D eigenvalue weighted by Gasteiger charge is 2.16. The first-order valence-electron chi connectivity index (χ1n) is 6.91. The molecule has 116 valence electrons. The van der Waals surface area contributed by atoms with Crippen LogP contribution in [0.3, 0.4) is 0 Å². The maximum absolute atomic E-state index is 12.2. The highest BCUT2D eigenvalue weighted by atomic mass is 79.9. The van der Waals surface area contributed by atoms with Crippen molar-refractivity contribution in [1.29, 1.82) is 0 Å². The lowest BCUT2D eigenvalue weighted by atomic mass is 10.2. The Hall–Kier alpha value is -1.56. The van der Waals surface area contributed by atoms with Crippen LogP contribution in [0.5, 0.6) is 0 Å². The van der Waals surface area contributed by atoms with Gasteiger partial charge in [0.05, 0.1) is 0 Å². The van der Waals surface area contributed by atoms with E-state index in [0.29, 0.717) is 19.5 Å².